The van der Waals surface area contributed by atoms with E-state index >= 15 is 0 Å². The van der Waals surface area contributed by atoms with Crippen molar-refractivity contribution in [3.63, 3.8) is 0 Å². The fourth-order valence-electron chi connectivity index (χ4n) is 2.06. The zero-order chi connectivity index (χ0) is 13.4. The van der Waals surface area contributed by atoms with Crippen molar-refractivity contribution < 1.29 is 0 Å². The van der Waals surface area contributed by atoms with Crippen LogP contribution in [0.1, 0.15) is 19.9 Å². The van der Waals surface area contributed by atoms with Gasteiger partial charge in [-0.05, 0) is 36.9 Å². The van der Waals surface area contributed by atoms with Gasteiger partial charge in [0.05, 0.1) is 6.20 Å². The highest BCUT2D eigenvalue weighted by molar-refractivity contribution is 6.30. The Kier molecular flexibility index (Phi) is 2.99. The molecular weight excluding hydrogens is 258 g/mol. The minimum absolute atomic E-state index is 0.368. The topological polar surface area (TPSA) is 30.7 Å². The highest BCUT2D eigenvalue weighted by Gasteiger charge is 2.05. The third-order valence-corrected chi connectivity index (χ3v) is 3.36. The van der Waals surface area contributed by atoms with Gasteiger partial charge < -0.3 is 0 Å². The molecule has 0 aliphatic rings. The maximum atomic E-state index is 5.94. The lowest BCUT2D eigenvalue weighted by Gasteiger charge is -2.04. The molecule has 0 bridgehead atoms. The summed E-state index contributed by atoms with van der Waals surface area (Å²) < 4.78 is 1.96. The van der Waals surface area contributed by atoms with E-state index in [-0.39, 0.29) is 0 Å². The number of rotatable bonds is 2. The molecule has 0 amide bonds. The van der Waals surface area contributed by atoms with Crippen LogP contribution < -0.4 is 0 Å². The van der Waals surface area contributed by atoms with Crippen molar-refractivity contribution in [2.24, 2.45) is 0 Å². The van der Waals surface area contributed by atoms with E-state index in [1.807, 2.05) is 16.9 Å². The summed E-state index contributed by atoms with van der Waals surface area (Å²) in [6, 6.07) is 8.51. The van der Waals surface area contributed by atoms with Crippen LogP contribution in [0.3, 0.4) is 0 Å². The van der Waals surface area contributed by atoms with Crippen LogP contribution in [0.5, 0.6) is 0 Å². The van der Waals surface area contributed by atoms with Crippen LogP contribution in [0.25, 0.3) is 21.9 Å². The Morgan fingerprint density at radius 1 is 1.05 bits per heavy atom. The summed E-state index contributed by atoms with van der Waals surface area (Å²) in [6.45, 7) is 4.23. The molecule has 3 aromatic rings. The number of benzene rings is 1. The molecule has 0 unspecified atom stereocenters. The van der Waals surface area contributed by atoms with Crippen molar-refractivity contribution in [1.82, 2.24) is 14.8 Å². The highest BCUT2D eigenvalue weighted by Crippen LogP contribution is 2.25. The molecule has 19 heavy (non-hydrogen) atoms. The molecule has 1 aromatic carbocycles. The van der Waals surface area contributed by atoms with Crippen LogP contribution in [0, 0.1) is 0 Å². The van der Waals surface area contributed by atoms with Crippen LogP contribution in [0.4, 0.5) is 0 Å². The zero-order valence-corrected chi connectivity index (χ0v) is 11.6. The van der Waals surface area contributed by atoms with E-state index in [4.69, 9.17) is 11.6 Å². The average Bonchev–Trinajstić information content (AvgIpc) is 2.87. The Hall–Kier alpha value is -1.87. The fourth-order valence-corrected chi connectivity index (χ4v) is 2.23. The van der Waals surface area contributed by atoms with E-state index in [2.05, 4.69) is 48.3 Å². The van der Waals surface area contributed by atoms with Crippen molar-refractivity contribution >= 4 is 22.4 Å². The standard InChI is InChI=1S/C15H14ClN3/c1-10(2)19-9-14(8-18-19)11-3-4-12-7-17-15(16)6-13(12)5-11/h3-10H,1-2H3. The first-order valence-electron chi connectivity index (χ1n) is 6.23. The molecule has 0 atom stereocenters. The number of hydrogen-bond donors (Lipinski definition) is 0. The number of halogens is 1. The lowest BCUT2D eigenvalue weighted by molar-refractivity contribution is 0.532. The Bertz CT molecular complexity index is 731. The Morgan fingerprint density at radius 3 is 2.63 bits per heavy atom. The quantitative estimate of drug-likeness (QED) is 0.650. The van der Waals surface area contributed by atoms with Crippen molar-refractivity contribution in [1.29, 1.82) is 0 Å². The molecule has 0 radical (unpaired) electrons. The number of hydrogen-bond acceptors (Lipinski definition) is 2. The summed E-state index contributed by atoms with van der Waals surface area (Å²) in [6.07, 6.45) is 5.75. The summed E-state index contributed by atoms with van der Waals surface area (Å²) in [7, 11) is 0. The molecule has 0 saturated carbocycles. The molecule has 0 spiro atoms. The lowest BCUT2D eigenvalue weighted by atomic mass is 10.1. The van der Waals surface area contributed by atoms with Gasteiger partial charge in [0.15, 0.2) is 0 Å². The molecule has 4 heteroatoms. The van der Waals surface area contributed by atoms with E-state index in [1.165, 1.54) is 0 Å². The first-order chi connectivity index (χ1) is 9.13. The van der Waals surface area contributed by atoms with E-state index in [9.17, 15) is 0 Å². The molecule has 3 nitrogen and oxygen atoms in total. The molecule has 3 rings (SSSR count). The van der Waals surface area contributed by atoms with Gasteiger partial charge in [0.25, 0.3) is 0 Å². The molecule has 2 aromatic heterocycles. The van der Waals surface area contributed by atoms with Gasteiger partial charge in [0, 0.05) is 29.4 Å². The SMILES string of the molecule is CC(C)n1cc(-c2ccc3cnc(Cl)cc3c2)cn1. The molecule has 0 aliphatic carbocycles. The largest absolute Gasteiger partial charge is 0.270 e. The average molecular weight is 272 g/mol. The maximum absolute atomic E-state index is 5.94. The zero-order valence-electron chi connectivity index (χ0n) is 10.8. The number of fused-ring (bicyclic) bond motifs is 1. The minimum atomic E-state index is 0.368. The molecule has 0 saturated heterocycles. The summed E-state index contributed by atoms with van der Waals surface area (Å²) in [4.78, 5) is 4.09. The van der Waals surface area contributed by atoms with Gasteiger partial charge in [-0.15, -0.1) is 0 Å². The van der Waals surface area contributed by atoms with Gasteiger partial charge >= 0.3 is 0 Å². The van der Waals surface area contributed by atoms with Crippen LogP contribution in [-0.2, 0) is 0 Å². The molecule has 0 aliphatic heterocycles. The summed E-state index contributed by atoms with van der Waals surface area (Å²) in [5.74, 6) is 0. The second-order valence-electron chi connectivity index (χ2n) is 4.87. The Morgan fingerprint density at radius 2 is 1.89 bits per heavy atom. The molecule has 0 fully saturated rings. The lowest BCUT2D eigenvalue weighted by Crippen LogP contribution is -1.99. The molecule has 2 heterocycles. The molecule has 0 N–H and O–H groups in total. The second-order valence-corrected chi connectivity index (χ2v) is 5.26. The van der Waals surface area contributed by atoms with Crippen LogP contribution in [0.15, 0.2) is 42.9 Å². The smallest absolute Gasteiger partial charge is 0.129 e. The van der Waals surface area contributed by atoms with Crippen molar-refractivity contribution in [3.8, 4) is 11.1 Å². The molecule has 96 valence electrons. The van der Waals surface area contributed by atoms with E-state index in [1.54, 1.807) is 6.20 Å². The number of aromatic nitrogens is 3. The third-order valence-electron chi connectivity index (χ3n) is 3.15. The molecular formula is C15H14ClN3. The van der Waals surface area contributed by atoms with E-state index in [0.717, 1.165) is 21.9 Å². The minimum Gasteiger partial charge on any atom is -0.270 e. The van der Waals surface area contributed by atoms with Crippen LogP contribution in [0.2, 0.25) is 5.15 Å². The fraction of sp³-hybridized carbons (Fsp3) is 0.200. The summed E-state index contributed by atoms with van der Waals surface area (Å²) in [5.41, 5.74) is 2.25. The van der Waals surface area contributed by atoms with Gasteiger partial charge in [-0.3, -0.25) is 4.68 Å². The van der Waals surface area contributed by atoms with Gasteiger partial charge in [-0.25, -0.2) is 4.98 Å². The maximum Gasteiger partial charge on any atom is 0.129 e. The highest BCUT2D eigenvalue weighted by atomic mass is 35.5. The Balaban J connectivity index is 2.08. The van der Waals surface area contributed by atoms with Gasteiger partial charge in [-0.2, -0.15) is 5.10 Å². The Labute approximate surface area is 116 Å². The van der Waals surface area contributed by atoms with Gasteiger partial charge in [-0.1, -0.05) is 23.7 Å². The predicted octanol–water partition coefficient (Wildman–Crippen LogP) is 4.33. The van der Waals surface area contributed by atoms with Crippen molar-refractivity contribution in [2.75, 3.05) is 0 Å². The monoisotopic (exact) mass is 271 g/mol. The number of nitrogens with zero attached hydrogens (tertiary/aromatic N) is 3. The summed E-state index contributed by atoms with van der Waals surface area (Å²) in [5, 5.41) is 7.06. The van der Waals surface area contributed by atoms with E-state index in [0.29, 0.717) is 11.2 Å². The third kappa shape index (κ3) is 2.34. The predicted molar refractivity (Wildman–Crippen MR) is 78.4 cm³/mol. The van der Waals surface area contributed by atoms with Crippen molar-refractivity contribution in [3.05, 3.63) is 48.0 Å². The van der Waals surface area contributed by atoms with Gasteiger partial charge in [0.2, 0.25) is 0 Å². The second kappa shape index (κ2) is 4.67. The number of pyridine rings is 1. The summed E-state index contributed by atoms with van der Waals surface area (Å²) >= 11 is 5.94. The van der Waals surface area contributed by atoms with Gasteiger partial charge in [0.1, 0.15) is 5.15 Å². The van der Waals surface area contributed by atoms with Crippen LogP contribution >= 0.6 is 11.6 Å². The first kappa shape index (κ1) is 12.2. The van der Waals surface area contributed by atoms with Crippen molar-refractivity contribution in [2.45, 2.75) is 19.9 Å². The normalized spacial score (nSPS) is 11.4. The van der Waals surface area contributed by atoms with Crippen LogP contribution in [-0.4, -0.2) is 14.8 Å². The van der Waals surface area contributed by atoms with E-state index < -0.39 is 0 Å². The first-order valence-corrected chi connectivity index (χ1v) is 6.61.